The monoisotopic (exact) mass is 304 g/mol. The third kappa shape index (κ3) is 1.85. The van der Waals surface area contributed by atoms with Crippen LogP contribution in [0.3, 0.4) is 0 Å². The van der Waals surface area contributed by atoms with Crippen LogP contribution in [0.2, 0.25) is 0 Å². The highest BCUT2D eigenvalue weighted by Crippen LogP contribution is 2.37. The van der Waals surface area contributed by atoms with Crippen molar-refractivity contribution in [1.29, 1.82) is 0 Å². The van der Waals surface area contributed by atoms with Crippen LogP contribution in [0.1, 0.15) is 36.6 Å². The van der Waals surface area contributed by atoms with Gasteiger partial charge < -0.3 is 0 Å². The van der Waals surface area contributed by atoms with E-state index in [0.29, 0.717) is 0 Å². The normalized spacial score (nSPS) is 15.1. The summed E-state index contributed by atoms with van der Waals surface area (Å²) in [5.41, 5.74) is 2.47. The molecule has 1 aliphatic rings. The molecule has 0 fully saturated rings. The third-order valence-corrected chi connectivity index (χ3v) is 6.12. The molecule has 0 aliphatic heterocycles. The van der Waals surface area contributed by atoms with E-state index in [2.05, 4.69) is 26.5 Å². The molecule has 3 heterocycles. The van der Waals surface area contributed by atoms with E-state index in [1.165, 1.54) is 41.5 Å². The first-order valence-electron chi connectivity index (χ1n) is 7.15. The van der Waals surface area contributed by atoms with Gasteiger partial charge in [0.05, 0.1) is 5.39 Å². The molecule has 0 aromatic carbocycles. The average Bonchev–Trinajstić information content (AvgIpc) is 3.05. The Morgan fingerprint density at radius 1 is 1.30 bits per heavy atom. The molecule has 0 atom stereocenters. The summed E-state index contributed by atoms with van der Waals surface area (Å²) >= 11 is 3.60. The maximum absolute atomic E-state index is 4.64. The molecule has 0 radical (unpaired) electrons. The molecule has 6 heteroatoms. The van der Waals surface area contributed by atoms with Gasteiger partial charge in [0, 0.05) is 10.6 Å². The lowest BCUT2D eigenvalue weighted by molar-refractivity contribution is 0.700. The van der Waals surface area contributed by atoms with Crippen LogP contribution >= 0.6 is 23.1 Å². The number of hydrogen-bond donors (Lipinski definition) is 0. The Kier molecular flexibility index (Phi) is 3.15. The molecular weight excluding hydrogens is 288 g/mol. The van der Waals surface area contributed by atoms with Gasteiger partial charge in [-0.25, -0.2) is 4.98 Å². The van der Waals surface area contributed by atoms with Crippen LogP contribution in [0.15, 0.2) is 11.5 Å². The number of nitrogens with zero attached hydrogens (tertiary/aromatic N) is 4. The number of aryl methyl sites for hydroxylation is 2. The van der Waals surface area contributed by atoms with Crippen LogP contribution < -0.4 is 0 Å². The number of aromatic nitrogens is 4. The lowest BCUT2D eigenvalue weighted by atomic mass is 9.97. The van der Waals surface area contributed by atoms with E-state index in [1.54, 1.807) is 11.8 Å². The molecule has 0 N–H and O–H groups in total. The Hall–Kier alpha value is -1.14. The molecule has 0 unspecified atom stereocenters. The van der Waals surface area contributed by atoms with Crippen molar-refractivity contribution in [2.24, 2.45) is 0 Å². The van der Waals surface area contributed by atoms with Gasteiger partial charge in [-0.1, -0.05) is 18.7 Å². The molecule has 1 aliphatic carbocycles. The van der Waals surface area contributed by atoms with Gasteiger partial charge in [-0.3, -0.25) is 4.40 Å². The topological polar surface area (TPSA) is 43.1 Å². The summed E-state index contributed by atoms with van der Waals surface area (Å²) in [6.45, 7) is 2.18. The second-order valence-corrected chi connectivity index (χ2v) is 7.31. The summed E-state index contributed by atoms with van der Waals surface area (Å²) < 4.78 is 2.06. The molecule has 4 rings (SSSR count). The molecule has 104 valence electrons. The number of hydrogen-bond acceptors (Lipinski definition) is 5. The van der Waals surface area contributed by atoms with Gasteiger partial charge in [0.2, 0.25) is 0 Å². The largest absolute Gasteiger partial charge is 0.260 e. The summed E-state index contributed by atoms with van der Waals surface area (Å²) in [5.74, 6) is 1.07. The number of thiophene rings is 1. The Labute approximate surface area is 125 Å². The van der Waals surface area contributed by atoms with E-state index in [9.17, 15) is 0 Å². The molecule has 20 heavy (non-hydrogen) atoms. The summed E-state index contributed by atoms with van der Waals surface area (Å²) in [5, 5.41) is 11.0. The number of thioether (sulfide) groups is 1. The van der Waals surface area contributed by atoms with Crippen molar-refractivity contribution in [3.8, 4) is 0 Å². The standard InChI is InChI=1S/C14H16N4S2/c1-2-7-19-14-17-16-12-11-9-5-3-4-6-10(9)20-13(11)15-8-18(12)14/h8H,2-7H2,1H3. The van der Waals surface area contributed by atoms with E-state index in [0.717, 1.165) is 27.8 Å². The summed E-state index contributed by atoms with van der Waals surface area (Å²) in [6.07, 6.45) is 7.99. The highest BCUT2D eigenvalue weighted by molar-refractivity contribution is 7.99. The van der Waals surface area contributed by atoms with Crippen LogP contribution in [-0.2, 0) is 12.8 Å². The summed E-state index contributed by atoms with van der Waals surface area (Å²) in [7, 11) is 0. The van der Waals surface area contributed by atoms with Crippen molar-refractivity contribution in [2.75, 3.05) is 5.75 Å². The fraction of sp³-hybridized carbons (Fsp3) is 0.500. The zero-order valence-corrected chi connectivity index (χ0v) is 13.1. The fourth-order valence-corrected chi connectivity index (χ4v) is 4.81. The van der Waals surface area contributed by atoms with Crippen LogP contribution in [0.4, 0.5) is 0 Å². The lowest BCUT2D eigenvalue weighted by Crippen LogP contribution is -1.99. The van der Waals surface area contributed by atoms with Gasteiger partial charge in [0.15, 0.2) is 10.8 Å². The summed E-state index contributed by atoms with van der Waals surface area (Å²) in [6, 6.07) is 0. The van der Waals surface area contributed by atoms with Gasteiger partial charge >= 0.3 is 0 Å². The molecule has 0 saturated heterocycles. The van der Waals surface area contributed by atoms with Crippen LogP contribution in [0, 0.1) is 0 Å². The van der Waals surface area contributed by atoms with Crippen molar-refractivity contribution < 1.29 is 0 Å². The van der Waals surface area contributed by atoms with Crippen molar-refractivity contribution in [3.05, 3.63) is 16.8 Å². The zero-order chi connectivity index (χ0) is 13.5. The van der Waals surface area contributed by atoms with E-state index in [4.69, 9.17) is 0 Å². The Balaban J connectivity index is 1.94. The van der Waals surface area contributed by atoms with Gasteiger partial charge in [0.1, 0.15) is 11.2 Å². The average molecular weight is 304 g/mol. The van der Waals surface area contributed by atoms with Crippen molar-refractivity contribution in [2.45, 2.75) is 44.2 Å². The third-order valence-electron chi connectivity index (χ3n) is 3.77. The Morgan fingerprint density at radius 2 is 2.20 bits per heavy atom. The number of fused-ring (bicyclic) bond motifs is 5. The smallest absolute Gasteiger partial charge is 0.196 e. The molecule has 0 spiro atoms. The lowest BCUT2D eigenvalue weighted by Gasteiger charge is -2.10. The summed E-state index contributed by atoms with van der Waals surface area (Å²) in [4.78, 5) is 7.28. The predicted molar refractivity (Wildman–Crippen MR) is 83.8 cm³/mol. The first kappa shape index (κ1) is 12.6. The molecule has 0 saturated carbocycles. The maximum Gasteiger partial charge on any atom is 0.196 e. The van der Waals surface area contributed by atoms with Crippen molar-refractivity contribution in [3.63, 3.8) is 0 Å². The first-order valence-corrected chi connectivity index (χ1v) is 8.95. The molecule has 4 nitrogen and oxygen atoms in total. The molecule has 0 amide bonds. The Morgan fingerprint density at radius 3 is 3.10 bits per heavy atom. The minimum Gasteiger partial charge on any atom is -0.260 e. The van der Waals surface area contributed by atoms with Crippen molar-refractivity contribution >= 4 is 39.0 Å². The molecule has 0 bridgehead atoms. The van der Waals surface area contributed by atoms with E-state index < -0.39 is 0 Å². The SMILES string of the molecule is CCCSc1nnc2c3c4c(sc3ncn12)CCCC4. The van der Waals surface area contributed by atoms with Crippen LogP contribution in [0.25, 0.3) is 15.9 Å². The van der Waals surface area contributed by atoms with E-state index in [-0.39, 0.29) is 0 Å². The quantitative estimate of drug-likeness (QED) is 0.692. The van der Waals surface area contributed by atoms with E-state index >= 15 is 0 Å². The minimum absolute atomic E-state index is 0.965. The molecular formula is C14H16N4S2. The highest BCUT2D eigenvalue weighted by Gasteiger charge is 2.20. The Bertz CT molecular complexity index is 774. The first-order chi connectivity index (χ1) is 9.88. The molecule has 3 aromatic rings. The second kappa shape index (κ2) is 5.00. The molecule has 3 aromatic heterocycles. The highest BCUT2D eigenvalue weighted by atomic mass is 32.2. The van der Waals surface area contributed by atoms with Gasteiger partial charge in [-0.15, -0.1) is 21.5 Å². The van der Waals surface area contributed by atoms with Gasteiger partial charge in [-0.05, 0) is 37.7 Å². The van der Waals surface area contributed by atoms with Crippen LogP contribution in [0.5, 0.6) is 0 Å². The maximum atomic E-state index is 4.64. The van der Waals surface area contributed by atoms with Gasteiger partial charge in [-0.2, -0.15) is 0 Å². The van der Waals surface area contributed by atoms with E-state index in [1.807, 2.05) is 17.7 Å². The predicted octanol–water partition coefficient (Wildman–Crippen LogP) is 3.72. The number of rotatable bonds is 3. The van der Waals surface area contributed by atoms with Crippen molar-refractivity contribution in [1.82, 2.24) is 19.6 Å². The second-order valence-electron chi connectivity index (χ2n) is 5.16. The zero-order valence-electron chi connectivity index (χ0n) is 11.4. The fourth-order valence-electron chi connectivity index (χ4n) is 2.83. The van der Waals surface area contributed by atoms with Crippen LogP contribution in [-0.4, -0.2) is 25.3 Å². The van der Waals surface area contributed by atoms with Gasteiger partial charge in [0.25, 0.3) is 0 Å². The minimum atomic E-state index is 0.965.